The lowest BCUT2D eigenvalue weighted by Crippen LogP contribution is -2.47. The first-order chi connectivity index (χ1) is 12.3. The molecule has 1 amide bonds. The predicted molar refractivity (Wildman–Crippen MR) is 125 cm³/mol. The summed E-state index contributed by atoms with van der Waals surface area (Å²) in [7, 11) is 1.83. The molecule has 2 N–H and O–H groups in total. The molecule has 158 valence electrons. The highest BCUT2D eigenvalue weighted by Gasteiger charge is 2.27. The van der Waals surface area contributed by atoms with Crippen molar-refractivity contribution in [1.82, 2.24) is 15.5 Å². The number of rotatable bonds is 4. The molecule has 27 heavy (non-hydrogen) atoms. The summed E-state index contributed by atoms with van der Waals surface area (Å²) in [6, 6.07) is 0.535. The Balaban J connectivity index is 0.00000364. The van der Waals surface area contributed by atoms with Crippen LogP contribution in [0.3, 0.4) is 0 Å². The number of halogens is 1. The van der Waals surface area contributed by atoms with Crippen molar-refractivity contribution >= 4 is 47.8 Å². The Labute approximate surface area is 186 Å². The third-order valence-electron chi connectivity index (χ3n) is 5.11. The van der Waals surface area contributed by atoms with Crippen molar-refractivity contribution in [3.63, 3.8) is 0 Å². The van der Waals surface area contributed by atoms with E-state index in [1.54, 1.807) is 0 Å². The molecule has 0 radical (unpaired) electrons. The molecule has 0 aromatic heterocycles. The van der Waals surface area contributed by atoms with Crippen LogP contribution in [0, 0.1) is 5.92 Å². The van der Waals surface area contributed by atoms with Crippen molar-refractivity contribution in [2.75, 3.05) is 32.9 Å². The fourth-order valence-corrected chi connectivity index (χ4v) is 4.36. The van der Waals surface area contributed by atoms with Gasteiger partial charge in [0.25, 0.3) is 0 Å². The fourth-order valence-electron chi connectivity index (χ4n) is 3.56. The SMILES string of the molecule is CN=C(NCC1CCN(C(=O)OC(C)(C)C)CC1)NC1CCC(SC)C1.I. The Morgan fingerprint density at radius 2 is 1.89 bits per heavy atom. The van der Waals surface area contributed by atoms with Crippen LogP contribution in [0.4, 0.5) is 4.79 Å². The number of piperidine rings is 1. The standard InChI is InChI=1S/C19H36N4O2S.HI/c1-19(2,3)25-18(24)23-10-8-14(9-11-23)13-21-17(20-4)22-15-6-7-16(12-15)26-5;/h14-16H,6-13H2,1-5H3,(H2,20,21,22);1H. The molecule has 2 atom stereocenters. The Hall–Kier alpha value is -0.380. The molecule has 8 heteroatoms. The van der Waals surface area contributed by atoms with Gasteiger partial charge in [0, 0.05) is 38.0 Å². The summed E-state index contributed by atoms with van der Waals surface area (Å²) >= 11 is 1.97. The second-order valence-electron chi connectivity index (χ2n) is 8.38. The van der Waals surface area contributed by atoms with Gasteiger partial charge < -0.3 is 20.3 Å². The van der Waals surface area contributed by atoms with Gasteiger partial charge in [-0.1, -0.05) is 0 Å². The van der Waals surface area contributed by atoms with E-state index >= 15 is 0 Å². The fraction of sp³-hybridized carbons (Fsp3) is 0.895. The van der Waals surface area contributed by atoms with Gasteiger partial charge in [0.05, 0.1) is 0 Å². The van der Waals surface area contributed by atoms with Crippen LogP contribution in [0.25, 0.3) is 0 Å². The maximum Gasteiger partial charge on any atom is 0.410 e. The number of hydrogen-bond donors (Lipinski definition) is 2. The minimum absolute atomic E-state index is 0. The molecule has 2 aliphatic rings. The average molecular weight is 513 g/mol. The van der Waals surface area contributed by atoms with E-state index in [1.807, 2.05) is 44.5 Å². The number of ether oxygens (including phenoxy) is 1. The molecule has 1 saturated heterocycles. The van der Waals surface area contributed by atoms with Gasteiger partial charge in [-0.2, -0.15) is 11.8 Å². The molecule has 2 fully saturated rings. The first-order valence-corrected chi connectivity index (χ1v) is 11.1. The third-order valence-corrected chi connectivity index (χ3v) is 6.20. The highest BCUT2D eigenvalue weighted by Crippen LogP contribution is 2.28. The molecular weight excluding hydrogens is 475 g/mol. The number of thioether (sulfide) groups is 1. The summed E-state index contributed by atoms with van der Waals surface area (Å²) < 4.78 is 5.46. The zero-order chi connectivity index (χ0) is 19.2. The van der Waals surface area contributed by atoms with E-state index in [0.29, 0.717) is 12.0 Å². The minimum atomic E-state index is -0.427. The van der Waals surface area contributed by atoms with E-state index in [0.717, 1.165) is 43.7 Å². The molecule has 2 rings (SSSR count). The zero-order valence-corrected chi connectivity index (χ0v) is 20.6. The number of nitrogens with zero attached hydrogens (tertiary/aromatic N) is 2. The quantitative estimate of drug-likeness (QED) is 0.342. The van der Waals surface area contributed by atoms with Gasteiger partial charge in [-0.05, 0) is 65.0 Å². The highest BCUT2D eigenvalue weighted by molar-refractivity contribution is 14.0. The van der Waals surface area contributed by atoms with E-state index in [1.165, 1.54) is 19.3 Å². The van der Waals surface area contributed by atoms with Gasteiger partial charge in [-0.15, -0.1) is 24.0 Å². The maximum atomic E-state index is 12.1. The average Bonchev–Trinajstić information content (AvgIpc) is 3.05. The zero-order valence-electron chi connectivity index (χ0n) is 17.4. The number of carbonyl (C=O) groups excluding carboxylic acids is 1. The number of likely N-dealkylation sites (tertiary alicyclic amines) is 1. The van der Waals surface area contributed by atoms with Crippen LogP contribution in [-0.4, -0.2) is 66.8 Å². The van der Waals surface area contributed by atoms with Crippen molar-refractivity contribution in [1.29, 1.82) is 0 Å². The lowest BCUT2D eigenvalue weighted by molar-refractivity contribution is 0.0185. The highest BCUT2D eigenvalue weighted by atomic mass is 127. The van der Waals surface area contributed by atoms with E-state index in [9.17, 15) is 4.79 Å². The monoisotopic (exact) mass is 512 g/mol. The van der Waals surface area contributed by atoms with Gasteiger partial charge in [0.2, 0.25) is 0 Å². The van der Waals surface area contributed by atoms with Gasteiger partial charge in [0.15, 0.2) is 5.96 Å². The number of amides is 1. The first-order valence-electron chi connectivity index (χ1n) is 9.78. The van der Waals surface area contributed by atoms with Crippen LogP contribution < -0.4 is 10.6 Å². The first kappa shape index (κ1) is 24.7. The topological polar surface area (TPSA) is 66.0 Å². The van der Waals surface area contributed by atoms with Crippen molar-refractivity contribution in [2.45, 2.75) is 69.8 Å². The largest absolute Gasteiger partial charge is 0.444 e. The Kier molecular flexibility index (Phi) is 10.6. The Morgan fingerprint density at radius 1 is 1.22 bits per heavy atom. The van der Waals surface area contributed by atoms with Crippen LogP contribution in [0.2, 0.25) is 0 Å². The van der Waals surface area contributed by atoms with Crippen LogP contribution in [0.5, 0.6) is 0 Å². The molecule has 1 heterocycles. The molecule has 0 aromatic carbocycles. The maximum absolute atomic E-state index is 12.1. The molecule has 1 saturated carbocycles. The van der Waals surface area contributed by atoms with Crippen molar-refractivity contribution in [3.05, 3.63) is 0 Å². The van der Waals surface area contributed by atoms with Crippen LogP contribution >= 0.6 is 35.7 Å². The Bertz CT molecular complexity index is 491. The van der Waals surface area contributed by atoms with Gasteiger partial charge in [-0.25, -0.2) is 4.79 Å². The number of guanidine groups is 1. The lowest BCUT2D eigenvalue weighted by atomic mass is 9.97. The molecule has 1 aliphatic heterocycles. The van der Waals surface area contributed by atoms with Gasteiger partial charge in [0.1, 0.15) is 5.60 Å². The lowest BCUT2D eigenvalue weighted by Gasteiger charge is -2.33. The van der Waals surface area contributed by atoms with Crippen LogP contribution in [0.1, 0.15) is 52.9 Å². The van der Waals surface area contributed by atoms with Crippen molar-refractivity contribution < 1.29 is 9.53 Å². The summed E-state index contributed by atoms with van der Waals surface area (Å²) in [6.07, 6.45) is 7.74. The van der Waals surface area contributed by atoms with Gasteiger partial charge >= 0.3 is 6.09 Å². The number of nitrogens with one attached hydrogen (secondary N) is 2. The smallest absolute Gasteiger partial charge is 0.410 e. The van der Waals surface area contributed by atoms with E-state index in [4.69, 9.17) is 4.74 Å². The molecular formula is C19H37IN4O2S. The summed E-state index contributed by atoms with van der Waals surface area (Å²) in [6.45, 7) is 8.17. The number of aliphatic imine (C=N–C) groups is 1. The summed E-state index contributed by atoms with van der Waals surface area (Å²) in [5.41, 5.74) is -0.427. The molecule has 2 unspecified atom stereocenters. The second kappa shape index (κ2) is 11.6. The second-order valence-corrected chi connectivity index (χ2v) is 9.51. The van der Waals surface area contributed by atoms with Crippen LogP contribution in [0.15, 0.2) is 4.99 Å². The third kappa shape index (κ3) is 8.66. The molecule has 0 aromatic rings. The molecule has 0 bridgehead atoms. The summed E-state index contributed by atoms with van der Waals surface area (Å²) in [4.78, 5) is 18.3. The van der Waals surface area contributed by atoms with Crippen molar-refractivity contribution in [3.8, 4) is 0 Å². The molecule has 0 spiro atoms. The predicted octanol–water partition coefficient (Wildman–Crippen LogP) is 3.70. The van der Waals surface area contributed by atoms with Crippen LogP contribution in [-0.2, 0) is 4.74 Å². The number of hydrogen-bond acceptors (Lipinski definition) is 4. The minimum Gasteiger partial charge on any atom is -0.444 e. The van der Waals surface area contributed by atoms with Gasteiger partial charge in [-0.3, -0.25) is 4.99 Å². The van der Waals surface area contributed by atoms with E-state index < -0.39 is 5.60 Å². The summed E-state index contributed by atoms with van der Waals surface area (Å²) in [5.74, 6) is 1.47. The van der Waals surface area contributed by atoms with E-state index in [-0.39, 0.29) is 30.1 Å². The Morgan fingerprint density at radius 3 is 2.41 bits per heavy atom. The molecule has 6 nitrogen and oxygen atoms in total. The normalized spacial score (nSPS) is 24.3. The summed E-state index contributed by atoms with van der Waals surface area (Å²) in [5, 5.41) is 7.82. The van der Waals surface area contributed by atoms with Crippen molar-refractivity contribution in [2.24, 2.45) is 10.9 Å². The van der Waals surface area contributed by atoms with E-state index in [2.05, 4.69) is 21.9 Å². The molecule has 1 aliphatic carbocycles. The number of carbonyl (C=O) groups is 1.